The molecule has 4 heteroatoms. The van der Waals surface area contributed by atoms with Gasteiger partial charge in [0, 0.05) is 19.6 Å². The Morgan fingerprint density at radius 3 is 2.75 bits per heavy atom. The van der Waals surface area contributed by atoms with Crippen molar-refractivity contribution >= 4 is 5.82 Å². The van der Waals surface area contributed by atoms with Crippen LogP contribution in [-0.2, 0) is 6.54 Å². The zero-order valence-electron chi connectivity index (χ0n) is 10.1. The van der Waals surface area contributed by atoms with Crippen molar-refractivity contribution in [3.63, 3.8) is 0 Å². The highest BCUT2D eigenvalue weighted by molar-refractivity contribution is 5.38. The highest BCUT2D eigenvalue weighted by atomic mass is 15.3. The van der Waals surface area contributed by atoms with Gasteiger partial charge in [0.15, 0.2) is 5.82 Å². The molecular formula is C12H20N4. The Morgan fingerprint density at radius 1 is 1.44 bits per heavy atom. The number of rotatable bonds is 3. The van der Waals surface area contributed by atoms with E-state index < -0.39 is 0 Å². The van der Waals surface area contributed by atoms with Gasteiger partial charge in [-0.25, -0.2) is 0 Å². The fourth-order valence-corrected chi connectivity index (χ4v) is 2.17. The zero-order chi connectivity index (χ0) is 11.5. The molecule has 0 spiro atoms. The number of nitrogens with zero attached hydrogens (tertiary/aromatic N) is 3. The minimum absolute atomic E-state index is 0.460. The van der Waals surface area contributed by atoms with Gasteiger partial charge in [-0.1, -0.05) is 13.8 Å². The predicted octanol–water partition coefficient (Wildman–Crippen LogP) is 1.42. The summed E-state index contributed by atoms with van der Waals surface area (Å²) in [7, 11) is 0. The van der Waals surface area contributed by atoms with Crippen molar-refractivity contribution in [2.45, 2.75) is 26.8 Å². The molecule has 1 aromatic rings. The van der Waals surface area contributed by atoms with Crippen molar-refractivity contribution in [2.24, 2.45) is 17.6 Å². The third-order valence-corrected chi connectivity index (χ3v) is 3.41. The maximum atomic E-state index is 5.50. The smallest absolute Gasteiger partial charge is 0.151 e. The summed E-state index contributed by atoms with van der Waals surface area (Å²) >= 11 is 0. The first-order chi connectivity index (χ1) is 7.70. The summed E-state index contributed by atoms with van der Waals surface area (Å²) in [5, 5.41) is 8.32. The van der Waals surface area contributed by atoms with Gasteiger partial charge in [-0.3, -0.25) is 0 Å². The summed E-state index contributed by atoms with van der Waals surface area (Å²) in [6.07, 6.45) is 1.26. The van der Waals surface area contributed by atoms with Gasteiger partial charge in [-0.2, -0.15) is 5.10 Å². The molecule has 0 bridgehead atoms. The number of hydrogen-bond acceptors (Lipinski definition) is 4. The molecule has 1 unspecified atom stereocenters. The maximum Gasteiger partial charge on any atom is 0.151 e. The Bertz CT molecular complexity index is 333. The molecule has 1 aromatic heterocycles. The van der Waals surface area contributed by atoms with Gasteiger partial charge in [-0.15, -0.1) is 5.10 Å². The van der Waals surface area contributed by atoms with E-state index in [1.807, 2.05) is 12.1 Å². The maximum absolute atomic E-state index is 5.50. The lowest BCUT2D eigenvalue weighted by molar-refractivity contribution is 0.422. The van der Waals surface area contributed by atoms with Crippen LogP contribution in [0.1, 0.15) is 26.0 Å². The molecule has 2 rings (SSSR count). The lowest BCUT2D eigenvalue weighted by Gasteiger charge is -2.18. The number of nitrogens with two attached hydrogens (primary N) is 1. The minimum atomic E-state index is 0.460. The lowest BCUT2D eigenvalue weighted by atomic mass is 9.95. The second-order valence-electron chi connectivity index (χ2n) is 4.83. The summed E-state index contributed by atoms with van der Waals surface area (Å²) < 4.78 is 0. The fourth-order valence-electron chi connectivity index (χ4n) is 2.17. The monoisotopic (exact) mass is 220 g/mol. The van der Waals surface area contributed by atoms with Crippen LogP contribution in [0.25, 0.3) is 0 Å². The lowest BCUT2D eigenvalue weighted by Crippen LogP contribution is -2.22. The topological polar surface area (TPSA) is 55.0 Å². The standard InChI is InChI=1S/C12H20N4/c1-9(2)10-5-6-16(8-10)12-4-3-11(7-13)14-15-12/h3-4,9-10H,5-8,13H2,1-2H3. The van der Waals surface area contributed by atoms with E-state index in [0.717, 1.165) is 36.4 Å². The van der Waals surface area contributed by atoms with Gasteiger partial charge in [0.05, 0.1) is 5.69 Å². The Balaban J connectivity index is 2.03. The molecule has 1 fully saturated rings. The first kappa shape index (κ1) is 11.3. The summed E-state index contributed by atoms with van der Waals surface area (Å²) in [5.74, 6) is 2.53. The van der Waals surface area contributed by atoms with Gasteiger partial charge in [0.2, 0.25) is 0 Å². The number of hydrogen-bond donors (Lipinski definition) is 1. The van der Waals surface area contributed by atoms with E-state index in [-0.39, 0.29) is 0 Å². The summed E-state index contributed by atoms with van der Waals surface area (Å²) in [6, 6.07) is 3.99. The Hall–Kier alpha value is -1.16. The fraction of sp³-hybridized carbons (Fsp3) is 0.667. The Kier molecular flexibility index (Phi) is 3.39. The molecule has 0 saturated carbocycles. The summed E-state index contributed by atoms with van der Waals surface area (Å²) in [6.45, 7) is 7.24. The minimum Gasteiger partial charge on any atom is -0.355 e. The first-order valence-corrected chi connectivity index (χ1v) is 5.98. The molecule has 2 N–H and O–H groups in total. The molecule has 2 heterocycles. The van der Waals surface area contributed by atoms with E-state index in [0.29, 0.717) is 6.54 Å². The zero-order valence-corrected chi connectivity index (χ0v) is 10.1. The molecule has 1 aliphatic heterocycles. The number of anilines is 1. The quantitative estimate of drug-likeness (QED) is 0.837. The van der Waals surface area contributed by atoms with Gasteiger partial charge < -0.3 is 10.6 Å². The normalized spacial score (nSPS) is 20.8. The predicted molar refractivity (Wildman–Crippen MR) is 65.1 cm³/mol. The van der Waals surface area contributed by atoms with Crippen LogP contribution in [0.4, 0.5) is 5.82 Å². The van der Waals surface area contributed by atoms with E-state index in [4.69, 9.17) is 5.73 Å². The Labute approximate surface area is 96.9 Å². The average molecular weight is 220 g/mol. The third kappa shape index (κ3) is 2.32. The first-order valence-electron chi connectivity index (χ1n) is 5.98. The van der Waals surface area contributed by atoms with Crippen LogP contribution in [-0.4, -0.2) is 23.3 Å². The molecule has 0 aliphatic carbocycles. The van der Waals surface area contributed by atoms with Crippen LogP contribution < -0.4 is 10.6 Å². The molecule has 4 nitrogen and oxygen atoms in total. The van der Waals surface area contributed by atoms with Crippen LogP contribution in [0.15, 0.2) is 12.1 Å². The van der Waals surface area contributed by atoms with E-state index in [1.54, 1.807) is 0 Å². The van der Waals surface area contributed by atoms with Gasteiger partial charge in [0.25, 0.3) is 0 Å². The van der Waals surface area contributed by atoms with E-state index >= 15 is 0 Å². The summed E-state index contributed by atoms with van der Waals surface area (Å²) in [5.41, 5.74) is 6.35. The van der Waals surface area contributed by atoms with Crippen molar-refractivity contribution < 1.29 is 0 Å². The van der Waals surface area contributed by atoms with Crippen LogP contribution in [0.2, 0.25) is 0 Å². The Morgan fingerprint density at radius 2 is 2.25 bits per heavy atom. The van der Waals surface area contributed by atoms with Crippen molar-refractivity contribution in [1.82, 2.24) is 10.2 Å². The average Bonchev–Trinajstić information content (AvgIpc) is 2.78. The molecule has 0 aromatic carbocycles. The second-order valence-corrected chi connectivity index (χ2v) is 4.83. The van der Waals surface area contributed by atoms with Crippen LogP contribution >= 0.6 is 0 Å². The SMILES string of the molecule is CC(C)C1CCN(c2ccc(CN)nn2)C1. The van der Waals surface area contributed by atoms with Gasteiger partial charge >= 0.3 is 0 Å². The van der Waals surface area contributed by atoms with Crippen molar-refractivity contribution in [2.75, 3.05) is 18.0 Å². The number of aromatic nitrogens is 2. The third-order valence-electron chi connectivity index (χ3n) is 3.41. The molecule has 1 atom stereocenters. The van der Waals surface area contributed by atoms with Gasteiger partial charge in [-0.05, 0) is 30.4 Å². The molecule has 16 heavy (non-hydrogen) atoms. The molecule has 0 radical (unpaired) electrons. The van der Waals surface area contributed by atoms with E-state index in [2.05, 4.69) is 28.9 Å². The van der Waals surface area contributed by atoms with E-state index in [1.165, 1.54) is 6.42 Å². The molecule has 0 amide bonds. The van der Waals surface area contributed by atoms with Crippen LogP contribution in [0, 0.1) is 11.8 Å². The molecule has 88 valence electrons. The molecule has 1 aliphatic rings. The summed E-state index contributed by atoms with van der Waals surface area (Å²) in [4.78, 5) is 2.32. The van der Waals surface area contributed by atoms with Crippen molar-refractivity contribution in [3.05, 3.63) is 17.8 Å². The molecular weight excluding hydrogens is 200 g/mol. The van der Waals surface area contributed by atoms with Crippen LogP contribution in [0.5, 0.6) is 0 Å². The molecule has 1 saturated heterocycles. The van der Waals surface area contributed by atoms with Crippen molar-refractivity contribution in [3.8, 4) is 0 Å². The second kappa shape index (κ2) is 4.78. The van der Waals surface area contributed by atoms with Crippen LogP contribution in [0.3, 0.4) is 0 Å². The van der Waals surface area contributed by atoms with E-state index in [9.17, 15) is 0 Å². The largest absolute Gasteiger partial charge is 0.355 e. The van der Waals surface area contributed by atoms with Crippen molar-refractivity contribution in [1.29, 1.82) is 0 Å². The highest BCUT2D eigenvalue weighted by Crippen LogP contribution is 2.26. The van der Waals surface area contributed by atoms with Gasteiger partial charge in [0.1, 0.15) is 0 Å². The highest BCUT2D eigenvalue weighted by Gasteiger charge is 2.25.